The Labute approximate surface area is 132 Å². The molecule has 6 heteroatoms. The van der Waals surface area contributed by atoms with Crippen molar-refractivity contribution in [3.8, 4) is 0 Å². The van der Waals surface area contributed by atoms with Crippen LogP contribution in [0.5, 0.6) is 0 Å². The van der Waals surface area contributed by atoms with E-state index in [1.165, 1.54) is 10.6 Å². The topological polar surface area (TPSA) is 79.6 Å². The fourth-order valence-electron chi connectivity index (χ4n) is 3.12. The lowest BCUT2D eigenvalue weighted by Crippen LogP contribution is -2.42. The van der Waals surface area contributed by atoms with Crippen molar-refractivity contribution < 1.29 is 14.7 Å². The van der Waals surface area contributed by atoms with Gasteiger partial charge in [0.2, 0.25) is 0 Å². The van der Waals surface area contributed by atoms with Crippen molar-refractivity contribution in [1.82, 2.24) is 9.47 Å². The lowest BCUT2D eigenvalue weighted by atomic mass is 9.97. The highest BCUT2D eigenvalue weighted by Crippen LogP contribution is 2.22. The second-order valence-corrected chi connectivity index (χ2v) is 5.90. The lowest BCUT2D eigenvalue weighted by Gasteiger charge is -2.31. The van der Waals surface area contributed by atoms with Crippen LogP contribution in [-0.4, -0.2) is 39.5 Å². The average Bonchev–Trinajstić information content (AvgIpc) is 2.57. The lowest BCUT2D eigenvalue weighted by molar-refractivity contribution is -0.143. The molecular formula is C17H18N2O4. The van der Waals surface area contributed by atoms with Gasteiger partial charge in [0.25, 0.3) is 11.5 Å². The van der Waals surface area contributed by atoms with Crippen molar-refractivity contribution in [2.75, 3.05) is 13.1 Å². The minimum absolute atomic E-state index is 0.192. The number of hydrogen-bond acceptors (Lipinski definition) is 3. The van der Waals surface area contributed by atoms with Crippen LogP contribution in [0.25, 0.3) is 10.9 Å². The summed E-state index contributed by atoms with van der Waals surface area (Å²) in [5.41, 5.74) is 0.781. The predicted molar refractivity (Wildman–Crippen MR) is 85.5 cm³/mol. The Balaban J connectivity index is 2.03. The molecule has 1 aromatic heterocycles. The number of pyridine rings is 1. The first-order valence-corrected chi connectivity index (χ1v) is 7.60. The smallest absolute Gasteiger partial charge is 0.308 e. The van der Waals surface area contributed by atoms with E-state index in [9.17, 15) is 14.4 Å². The normalized spacial score (nSPS) is 18.1. The molecule has 0 aliphatic carbocycles. The molecule has 1 saturated heterocycles. The number of rotatable bonds is 2. The van der Waals surface area contributed by atoms with E-state index in [0.717, 1.165) is 0 Å². The van der Waals surface area contributed by atoms with Crippen molar-refractivity contribution >= 4 is 22.8 Å². The highest BCUT2D eigenvalue weighted by atomic mass is 16.4. The number of piperidine rings is 1. The van der Waals surface area contributed by atoms with Gasteiger partial charge in [-0.2, -0.15) is 0 Å². The summed E-state index contributed by atoms with van der Waals surface area (Å²) >= 11 is 0. The van der Waals surface area contributed by atoms with Gasteiger partial charge in [-0.3, -0.25) is 14.4 Å². The van der Waals surface area contributed by atoms with Crippen LogP contribution >= 0.6 is 0 Å². The van der Waals surface area contributed by atoms with Crippen LogP contribution in [-0.2, 0) is 11.8 Å². The van der Waals surface area contributed by atoms with E-state index in [4.69, 9.17) is 5.11 Å². The monoisotopic (exact) mass is 314 g/mol. The van der Waals surface area contributed by atoms with Crippen LogP contribution < -0.4 is 5.56 Å². The third-order valence-electron chi connectivity index (χ3n) is 4.44. The third kappa shape index (κ3) is 2.72. The number of carbonyl (C=O) groups excluding carboxylic acids is 1. The average molecular weight is 314 g/mol. The number of aromatic nitrogens is 1. The van der Waals surface area contributed by atoms with Crippen molar-refractivity contribution in [3.05, 3.63) is 46.2 Å². The summed E-state index contributed by atoms with van der Waals surface area (Å²) in [6.07, 6.45) is 1.24. The summed E-state index contributed by atoms with van der Waals surface area (Å²) in [5, 5.41) is 9.87. The van der Waals surface area contributed by atoms with Crippen molar-refractivity contribution in [2.24, 2.45) is 13.0 Å². The Morgan fingerprint density at radius 1 is 1.26 bits per heavy atom. The fourth-order valence-corrected chi connectivity index (χ4v) is 3.12. The Morgan fingerprint density at radius 3 is 2.74 bits per heavy atom. The van der Waals surface area contributed by atoms with E-state index in [1.54, 1.807) is 24.1 Å². The first-order chi connectivity index (χ1) is 11.0. The highest BCUT2D eigenvalue weighted by Gasteiger charge is 2.29. The van der Waals surface area contributed by atoms with Crippen molar-refractivity contribution in [1.29, 1.82) is 0 Å². The number of carbonyl (C=O) groups is 2. The van der Waals surface area contributed by atoms with Crippen LogP contribution in [0.1, 0.15) is 23.2 Å². The van der Waals surface area contributed by atoms with Gasteiger partial charge in [0.1, 0.15) is 0 Å². The summed E-state index contributed by atoms with van der Waals surface area (Å²) in [5.74, 6) is -1.69. The first kappa shape index (κ1) is 15.3. The van der Waals surface area contributed by atoms with E-state index in [2.05, 4.69) is 0 Å². The van der Waals surface area contributed by atoms with Crippen LogP contribution in [0, 0.1) is 5.92 Å². The Kier molecular flexibility index (Phi) is 3.90. The van der Waals surface area contributed by atoms with Gasteiger partial charge in [-0.05, 0) is 18.9 Å². The van der Waals surface area contributed by atoms with Crippen LogP contribution in [0.15, 0.2) is 35.1 Å². The van der Waals surface area contributed by atoms with Crippen LogP contribution in [0.3, 0.4) is 0 Å². The minimum atomic E-state index is -0.878. The number of benzene rings is 1. The maximum Gasteiger partial charge on any atom is 0.308 e. The number of fused-ring (bicyclic) bond motifs is 1. The van der Waals surface area contributed by atoms with Gasteiger partial charge < -0.3 is 14.6 Å². The number of carboxylic acid groups (broad SMARTS) is 1. The molecule has 2 aromatic rings. The molecule has 1 N–H and O–H groups in total. The van der Waals surface area contributed by atoms with Gasteiger partial charge in [0, 0.05) is 31.6 Å². The molecule has 1 atom stereocenters. The molecule has 1 aromatic carbocycles. The molecule has 23 heavy (non-hydrogen) atoms. The number of amides is 1. The maximum absolute atomic E-state index is 12.8. The summed E-state index contributed by atoms with van der Waals surface area (Å²) in [7, 11) is 1.67. The number of para-hydroxylation sites is 1. The van der Waals surface area contributed by atoms with Gasteiger partial charge in [-0.15, -0.1) is 0 Å². The SMILES string of the molecule is Cn1c(=O)cc(C(=O)N2CCC[C@H](C(=O)O)C2)c2ccccc21. The number of nitrogens with zero attached hydrogens (tertiary/aromatic N) is 2. The van der Waals surface area contributed by atoms with E-state index in [0.29, 0.717) is 35.9 Å². The Hall–Kier alpha value is -2.63. The molecule has 0 saturated carbocycles. The molecule has 120 valence electrons. The van der Waals surface area contributed by atoms with E-state index in [-0.39, 0.29) is 18.0 Å². The molecule has 6 nitrogen and oxygen atoms in total. The molecule has 1 amide bonds. The number of aryl methyl sites for hydroxylation is 1. The summed E-state index contributed by atoms with van der Waals surface area (Å²) in [4.78, 5) is 37.7. The van der Waals surface area contributed by atoms with Crippen molar-refractivity contribution in [3.63, 3.8) is 0 Å². The fraction of sp³-hybridized carbons (Fsp3) is 0.353. The molecule has 0 bridgehead atoms. The van der Waals surface area contributed by atoms with Gasteiger partial charge in [0.05, 0.1) is 17.0 Å². The molecular weight excluding hydrogens is 296 g/mol. The third-order valence-corrected chi connectivity index (χ3v) is 4.44. The molecule has 2 heterocycles. The zero-order valence-corrected chi connectivity index (χ0v) is 12.9. The molecule has 1 aliphatic rings. The standard InChI is InChI=1S/C17H18N2O4/c1-18-14-7-3-2-6-12(14)13(9-15(18)20)16(21)19-8-4-5-11(10-19)17(22)23/h2-3,6-7,9,11H,4-5,8,10H2,1H3,(H,22,23)/t11-/m0/s1. The minimum Gasteiger partial charge on any atom is -0.481 e. The quantitative estimate of drug-likeness (QED) is 0.910. The number of carboxylic acids is 1. The molecule has 3 rings (SSSR count). The largest absolute Gasteiger partial charge is 0.481 e. The molecule has 1 aliphatic heterocycles. The second kappa shape index (κ2) is 5.87. The van der Waals surface area contributed by atoms with E-state index < -0.39 is 11.9 Å². The highest BCUT2D eigenvalue weighted by molar-refractivity contribution is 6.06. The van der Waals surface area contributed by atoms with Crippen LogP contribution in [0.2, 0.25) is 0 Å². The van der Waals surface area contributed by atoms with Gasteiger partial charge in [-0.25, -0.2) is 0 Å². The second-order valence-electron chi connectivity index (χ2n) is 5.90. The molecule has 1 fully saturated rings. The van der Waals surface area contributed by atoms with Crippen molar-refractivity contribution in [2.45, 2.75) is 12.8 Å². The van der Waals surface area contributed by atoms with Gasteiger partial charge >= 0.3 is 5.97 Å². The summed E-state index contributed by atoms with van der Waals surface area (Å²) < 4.78 is 1.50. The zero-order valence-electron chi connectivity index (χ0n) is 12.9. The van der Waals surface area contributed by atoms with Crippen LogP contribution in [0.4, 0.5) is 0 Å². The number of aliphatic carboxylic acids is 1. The number of likely N-dealkylation sites (tertiary alicyclic amines) is 1. The maximum atomic E-state index is 12.8. The van der Waals surface area contributed by atoms with Gasteiger partial charge in [0.15, 0.2) is 0 Å². The summed E-state index contributed by atoms with van der Waals surface area (Å²) in [6, 6.07) is 8.58. The Morgan fingerprint density at radius 2 is 2.00 bits per heavy atom. The van der Waals surface area contributed by atoms with Gasteiger partial charge in [-0.1, -0.05) is 18.2 Å². The number of hydrogen-bond donors (Lipinski definition) is 1. The summed E-state index contributed by atoms with van der Waals surface area (Å²) in [6.45, 7) is 0.712. The Bertz CT molecular complexity index is 840. The molecule has 0 unspecified atom stereocenters. The predicted octanol–water partition coefficient (Wildman–Crippen LogP) is 1.48. The van der Waals surface area contributed by atoms with E-state index in [1.807, 2.05) is 12.1 Å². The van der Waals surface area contributed by atoms with E-state index >= 15 is 0 Å². The molecule has 0 spiro atoms. The molecule has 0 radical (unpaired) electrons. The zero-order chi connectivity index (χ0) is 16.6. The first-order valence-electron chi connectivity index (χ1n) is 7.60.